The molecule has 2 aromatic rings. The number of benzene rings is 1. The summed E-state index contributed by atoms with van der Waals surface area (Å²) >= 11 is 0. The molecule has 0 atom stereocenters. The average Bonchev–Trinajstić information content (AvgIpc) is 2.60. The van der Waals surface area contributed by atoms with Crippen molar-refractivity contribution in [3.63, 3.8) is 0 Å². The van der Waals surface area contributed by atoms with Crippen LogP contribution in [0, 0.1) is 5.92 Å². The van der Waals surface area contributed by atoms with E-state index in [4.69, 9.17) is 4.74 Å². The molecule has 124 valence electrons. The average molecular weight is 325 g/mol. The maximum absolute atomic E-state index is 12.5. The van der Waals surface area contributed by atoms with Crippen molar-refractivity contribution in [2.75, 3.05) is 12.4 Å². The van der Waals surface area contributed by atoms with Crippen LogP contribution in [0.25, 0.3) is 6.08 Å². The summed E-state index contributed by atoms with van der Waals surface area (Å²) in [5.41, 5.74) is 1.08. The number of carbonyl (C=O) groups is 2. The van der Waals surface area contributed by atoms with Gasteiger partial charge in [0.15, 0.2) is 5.78 Å². The number of ketones is 1. The van der Waals surface area contributed by atoms with Crippen LogP contribution < -0.4 is 10.1 Å². The summed E-state index contributed by atoms with van der Waals surface area (Å²) in [7, 11) is 1.45. The van der Waals surface area contributed by atoms with Crippen LogP contribution in [0.2, 0.25) is 0 Å². The zero-order valence-electron chi connectivity index (χ0n) is 13.8. The van der Waals surface area contributed by atoms with Gasteiger partial charge in [-0.1, -0.05) is 32.0 Å². The molecule has 24 heavy (non-hydrogen) atoms. The van der Waals surface area contributed by atoms with Gasteiger partial charge in [0.05, 0.1) is 18.4 Å². The molecular formula is C18H19N3O3. The van der Waals surface area contributed by atoms with Gasteiger partial charge in [-0.3, -0.25) is 9.59 Å². The van der Waals surface area contributed by atoms with Crippen LogP contribution in [-0.2, 0) is 9.59 Å². The molecule has 2 rings (SSSR count). The number of amides is 1. The van der Waals surface area contributed by atoms with Gasteiger partial charge < -0.3 is 10.1 Å². The molecule has 6 heteroatoms. The fourth-order valence-electron chi connectivity index (χ4n) is 1.96. The minimum Gasteiger partial charge on any atom is -0.467 e. The lowest BCUT2D eigenvalue weighted by molar-refractivity contribution is -0.121. The van der Waals surface area contributed by atoms with Crippen molar-refractivity contribution in [2.45, 2.75) is 13.8 Å². The number of methoxy groups -OCH3 is 1. The van der Waals surface area contributed by atoms with Crippen molar-refractivity contribution in [1.82, 2.24) is 9.97 Å². The van der Waals surface area contributed by atoms with E-state index in [9.17, 15) is 9.59 Å². The van der Waals surface area contributed by atoms with Gasteiger partial charge in [-0.25, -0.2) is 4.98 Å². The Bertz CT molecular complexity index is 755. The molecule has 0 spiro atoms. The molecule has 6 nitrogen and oxygen atoms in total. The summed E-state index contributed by atoms with van der Waals surface area (Å²) in [4.78, 5) is 33.0. The lowest BCUT2D eigenvalue weighted by atomic mass is 9.99. The van der Waals surface area contributed by atoms with E-state index >= 15 is 0 Å². The number of hydrogen-bond acceptors (Lipinski definition) is 5. The van der Waals surface area contributed by atoms with Crippen LogP contribution in [0.5, 0.6) is 6.01 Å². The topological polar surface area (TPSA) is 81.2 Å². The molecule has 0 unspecified atom stereocenters. The van der Waals surface area contributed by atoms with Crippen LogP contribution >= 0.6 is 0 Å². The van der Waals surface area contributed by atoms with Crippen LogP contribution in [0.15, 0.2) is 48.2 Å². The van der Waals surface area contributed by atoms with E-state index in [2.05, 4.69) is 15.3 Å². The Morgan fingerprint density at radius 3 is 2.50 bits per heavy atom. The van der Waals surface area contributed by atoms with Crippen LogP contribution in [-0.4, -0.2) is 28.8 Å². The highest BCUT2D eigenvalue weighted by Crippen LogP contribution is 2.15. The number of ether oxygens (including phenoxy) is 1. The third-order valence-electron chi connectivity index (χ3n) is 3.20. The monoisotopic (exact) mass is 325 g/mol. The van der Waals surface area contributed by atoms with E-state index in [1.807, 2.05) is 6.07 Å². The number of Topliss-reactive ketones (excluding diaryl/α,β-unsaturated/α-hetero) is 1. The lowest BCUT2D eigenvalue weighted by Crippen LogP contribution is -2.23. The molecular weight excluding hydrogens is 306 g/mol. The fraction of sp³-hybridized carbons (Fsp3) is 0.222. The van der Waals surface area contributed by atoms with Gasteiger partial charge in [-0.2, -0.15) is 4.98 Å². The van der Waals surface area contributed by atoms with Crippen molar-refractivity contribution in [2.24, 2.45) is 5.92 Å². The third kappa shape index (κ3) is 4.49. The Morgan fingerprint density at radius 2 is 1.88 bits per heavy atom. The molecule has 0 radical (unpaired) electrons. The highest BCUT2D eigenvalue weighted by Gasteiger charge is 2.21. The largest absolute Gasteiger partial charge is 0.467 e. The van der Waals surface area contributed by atoms with E-state index in [0.717, 1.165) is 0 Å². The Morgan fingerprint density at radius 1 is 1.17 bits per heavy atom. The van der Waals surface area contributed by atoms with E-state index in [0.29, 0.717) is 11.4 Å². The van der Waals surface area contributed by atoms with E-state index in [1.165, 1.54) is 19.4 Å². The van der Waals surface area contributed by atoms with Crippen molar-refractivity contribution in [3.05, 3.63) is 53.9 Å². The molecule has 1 aromatic heterocycles. The first-order valence-corrected chi connectivity index (χ1v) is 7.50. The number of nitrogens with zero attached hydrogens (tertiary/aromatic N) is 2. The number of carbonyl (C=O) groups excluding carboxylic acids is 2. The van der Waals surface area contributed by atoms with E-state index in [-0.39, 0.29) is 23.3 Å². The quantitative estimate of drug-likeness (QED) is 0.502. The number of aromatic nitrogens is 2. The molecule has 0 saturated heterocycles. The minimum atomic E-state index is -0.475. The van der Waals surface area contributed by atoms with Gasteiger partial charge in [0.1, 0.15) is 0 Å². The lowest BCUT2D eigenvalue weighted by Gasteiger charge is -2.10. The predicted molar refractivity (Wildman–Crippen MR) is 91.5 cm³/mol. The highest BCUT2D eigenvalue weighted by atomic mass is 16.5. The SMILES string of the molecule is COc1nccc(C=C(C(=O)Nc2ccccc2)C(=O)C(C)C)n1. The first kappa shape index (κ1) is 17.3. The first-order chi connectivity index (χ1) is 11.5. The van der Waals surface area contributed by atoms with E-state index in [1.54, 1.807) is 44.2 Å². The smallest absolute Gasteiger partial charge is 0.316 e. The summed E-state index contributed by atoms with van der Waals surface area (Å²) < 4.78 is 4.96. The Hall–Kier alpha value is -3.02. The van der Waals surface area contributed by atoms with Crippen molar-refractivity contribution in [1.29, 1.82) is 0 Å². The summed E-state index contributed by atoms with van der Waals surface area (Å²) in [5, 5.41) is 2.72. The highest BCUT2D eigenvalue weighted by molar-refractivity contribution is 6.26. The number of para-hydroxylation sites is 1. The summed E-state index contributed by atoms with van der Waals surface area (Å²) in [5.74, 6) is -1.06. The fourth-order valence-corrected chi connectivity index (χ4v) is 1.96. The predicted octanol–water partition coefficient (Wildman–Crippen LogP) is 2.73. The summed E-state index contributed by atoms with van der Waals surface area (Å²) in [6, 6.07) is 10.7. The number of hydrogen-bond donors (Lipinski definition) is 1. The maximum atomic E-state index is 12.5. The molecule has 0 aliphatic rings. The van der Waals surface area contributed by atoms with Crippen molar-refractivity contribution >= 4 is 23.5 Å². The molecule has 1 amide bonds. The van der Waals surface area contributed by atoms with Crippen LogP contribution in [0.4, 0.5) is 5.69 Å². The van der Waals surface area contributed by atoms with Gasteiger partial charge in [-0.05, 0) is 24.3 Å². The molecule has 0 bridgehead atoms. The van der Waals surface area contributed by atoms with Crippen molar-refractivity contribution in [3.8, 4) is 6.01 Å². The molecule has 1 N–H and O–H groups in total. The van der Waals surface area contributed by atoms with Gasteiger partial charge in [0.2, 0.25) is 0 Å². The zero-order chi connectivity index (χ0) is 17.5. The second kappa shape index (κ2) is 8.01. The zero-order valence-corrected chi connectivity index (χ0v) is 13.8. The maximum Gasteiger partial charge on any atom is 0.316 e. The molecule has 0 aliphatic heterocycles. The number of nitrogens with one attached hydrogen (secondary N) is 1. The van der Waals surface area contributed by atoms with E-state index < -0.39 is 5.91 Å². The third-order valence-corrected chi connectivity index (χ3v) is 3.20. The Balaban J connectivity index is 2.35. The first-order valence-electron chi connectivity index (χ1n) is 7.50. The Kier molecular flexibility index (Phi) is 5.78. The van der Waals surface area contributed by atoms with Crippen LogP contribution in [0.1, 0.15) is 19.5 Å². The minimum absolute atomic E-state index is 0.0367. The van der Waals surface area contributed by atoms with Gasteiger partial charge in [0.25, 0.3) is 5.91 Å². The summed E-state index contributed by atoms with van der Waals surface area (Å²) in [6.07, 6.45) is 2.95. The second-order valence-corrected chi connectivity index (χ2v) is 5.37. The van der Waals surface area contributed by atoms with Crippen molar-refractivity contribution < 1.29 is 14.3 Å². The molecule has 0 aliphatic carbocycles. The molecule has 0 fully saturated rings. The van der Waals surface area contributed by atoms with Gasteiger partial charge in [-0.15, -0.1) is 0 Å². The standard InChI is InChI=1S/C18H19N3O3/c1-12(2)16(22)15(11-14-9-10-19-18(21-14)24-3)17(23)20-13-7-5-4-6-8-13/h4-12H,1-3H3,(H,20,23). The normalized spacial score (nSPS) is 11.2. The number of rotatable bonds is 6. The molecule has 1 heterocycles. The van der Waals surface area contributed by atoms with Gasteiger partial charge >= 0.3 is 6.01 Å². The van der Waals surface area contributed by atoms with Crippen LogP contribution in [0.3, 0.4) is 0 Å². The Labute approximate surface area is 140 Å². The second-order valence-electron chi connectivity index (χ2n) is 5.37. The number of anilines is 1. The summed E-state index contributed by atoms with van der Waals surface area (Å²) in [6.45, 7) is 3.49. The molecule has 1 aromatic carbocycles. The molecule has 0 saturated carbocycles. The van der Waals surface area contributed by atoms with Gasteiger partial charge in [0, 0.05) is 17.8 Å².